The van der Waals surface area contributed by atoms with Gasteiger partial charge in [-0.3, -0.25) is 0 Å². The number of ether oxygens (including phenoxy) is 1. The normalized spacial score (nSPS) is 41.2. The maximum Gasteiger partial charge on any atom is 0.0583 e. The van der Waals surface area contributed by atoms with E-state index in [1.165, 1.54) is 44.9 Å². The molecule has 2 rings (SSSR count). The molecular weight excluding hydrogens is 222 g/mol. The number of nitrogens with one attached hydrogen (secondary N) is 1. The van der Waals surface area contributed by atoms with Crippen molar-refractivity contribution in [3.8, 4) is 0 Å². The molecule has 5 unspecified atom stereocenters. The Bertz CT molecular complexity index is 243. The van der Waals surface area contributed by atoms with Gasteiger partial charge in [0, 0.05) is 6.04 Å². The Hall–Kier alpha value is -0.0800. The minimum atomic E-state index is 0.498. The summed E-state index contributed by atoms with van der Waals surface area (Å²) in [6, 6.07) is 0.748. The van der Waals surface area contributed by atoms with Crippen molar-refractivity contribution in [3.63, 3.8) is 0 Å². The lowest BCUT2D eigenvalue weighted by Crippen LogP contribution is -2.41. The molecule has 106 valence electrons. The third-order valence-corrected chi connectivity index (χ3v) is 5.02. The Morgan fingerprint density at radius 3 is 2.56 bits per heavy atom. The highest BCUT2D eigenvalue weighted by Crippen LogP contribution is 2.36. The summed E-state index contributed by atoms with van der Waals surface area (Å²) in [7, 11) is 0. The van der Waals surface area contributed by atoms with E-state index in [4.69, 9.17) is 4.74 Å². The molecule has 0 spiro atoms. The Kier molecular flexibility index (Phi) is 5.50. The molecule has 18 heavy (non-hydrogen) atoms. The van der Waals surface area contributed by atoms with Gasteiger partial charge in [0.1, 0.15) is 0 Å². The zero-order valence-electron chi connectivity index (χ0n) is 12.5. The Morgan fingerprint density at radius 2 is 1.94 bits per heavy atom. The fourth-order valence-electron chi connectivity index (χ4n) is 3.92. The van der Waals surface area contributed by atoms with Gasteiger partial charge in [-0.15, -0.1) is 0 Å². The lowest BCUT2D eigenvalue weighted by molar-refractivity contribution is 0.0281. The third kappa shape index (κ3) is 3.71. The monoisotopic (exact) mass is 253 g/mol. The van der Waals surface area contributed by atoms with Crippen LogP contribution in [-0.4, -0.2) is 24.8 Å². The molecule has 2 aliphatic rings. The Balaban J connectivity index is 1.87. The molecule has 0 radical (unpaired) electrons. The first-order valence-electron chi connectivity index (χ1n) is 8.11. The molecule has 0 aromatic carbocycles. The molecule has 2 nitrogen and oxygen atoms in total. The van der Waals surface area contributed by atoms with Crippen LogP contribution in [0, 0.1) is 11.8 Å². The first-order valence-corrected chi connectivity index (χ1v) is 8.11. The van der Waals surface area contributed by atoms with Gasteiger partial charge in [0.05, 0.1) is 12.2 Å². The number of rotatable bonds is 5. The third-order valence-electron chi connectivity index (χ3n) is 5.02. The summed E-state index contributed by atoms with van der Waals surface area (Å²) in [6.45, 7) is 7.91. The second-order valence-corrected chi connectivity index (χ2v) is 6.39. The first-order chi connectivity index (χ1) is 8.72. The van der Waals surface area contributed by atoms with Gasteiger partial charge in [-0.05, 0) is 63.8 Å². The minimum Gasteiger partial charge on any atom is -0.375 e. The Morgan fingerprint density at radius 1 is 1.11 bits per heavy atom. The van der Waals surface area contributed by atoms with Gasteiger partial charge in [-0.2, -0.15) is 0 Å². The number of hydrogen-bond acceptors (Lipinski definition) is 2. The van der Waals surface area contributed by atoms with E-state index < -0.39 is 0 Å². The zero-order valence-corrected chi connectivity index (χ0v) is 12.5. The molecule has 1 saturated heterocycles. The quantitative estimate of drug-likeness (QED) is 0.805. The van der Waals surface area contributed by atoms with Crippen LogP contribution in [0.2, 0.25) is 0 Å². The maximum absolute atomic E-state index is 6.03. The van der Waals surface area contributed by atoms with Gasteiger partial charge >= 0.3 is 0 Å². The van der Waals surface area contributed by atoms with Crippen LogP contribution in [0.4, 0.5) is 0 Å². The van der Waals surface area contributed by atoms with E-state index in [0.29, 0.717) is 12.2 Å². The van der Waals surface area contributed by atoms with Crippen LogP contribution in [0.3, 0.4) is 0 Å². The highest BCUT2D eigenvalue weighted by Gasteiger charge is 2.33. The van der Waals surface area contributed by atoms with Crippen LogP contribution in [0.15, 0.2) is 0 Å². The molecule has 0 bridgehead atoms. The van der Waals surface area contributed by atoms with Crippen molar-refractivity contribution < 1.29 is 4.74 Å². The molecule has 1 saturated carbocycles. The fourth-order valence-corrected chi connectivity index (χ4v) is 3.92. The van der Waals surface area contributed by atoms with E-state index in [0.717, 1.165) is 24.4 Å². The minimum absolute atomic E-state index is 0.498. The van der Waals surface area contributed by atoms with Crippen LogP contribution in [0.5, 0.6) is 0 Å². The summed E-state index contributed by atoms with van der Waals surface area (Å²) >= 11 is 0. The van der Waals surface area contributed by atoms with Gasteiger partial charge in [0.15, 0.2) is 0 Å². The lowest BCUT2D eigenvalue weighted by atomic mass is 9.74. The average molecular weight is 253 g/mol. The van der Waals surface area contributed by atoms with Crippen LogP contribution in [0.1, 0.15) is 65.7 Å². The van der Waals surface area contributed by atoms with Crippen molar-refractivity contribution in [2.75, 3.05) is 6.54 Å². The topological polar surface area (TPSA) is 21.3 Å². The molecule has 1 aliphatic carbocycles. The molecule has 2 fully saturated rings. The van der Waals surface area contributed by atoms with E-state index >= 15 is 0 Å². The van der Waals surface area contributed by atoms with E-state index in [-0.39, 0.29) is 0 Å². The second-order valence-electron chi connectivity index (χ2n) is 6.39. The smallest absolute Gasteiger partial charge is 0.0583 e. The average Bonchev–Trinajstić information content (AvgIpc) is 2.77. The van der Waals surface area contributed by atoms with E-state index in [1.807, 2.05) is 0 Å². The van der Waals surface area contributed by atoms with E-state index in [1.54, 1.807) is 0 Å². The van der Waals surface area contributed by atoms with E-state index in [9.17, 15) is 0 Å². The molecule has 0 aromatic rings. The summed E-state index contributed by atoms with van der Waals surface area (Å²) in [6.07, 6.45) is 10.5. The van der Waals surface area contributed by atoms with Crippen LogP contribution in [0.25, 0.3) is 0 Å². The van der Waals surface area contributed by atoms with Crippen molar-refractivity contribution in [2.24, 2.45) is 11.8 Å². The molecule has 1 heterocycles. The van der Waals surface area contributed by atoms with Crippen molar-refractivity contribution in [1.29, 1.82) is 0 Å². The largest absolute Gasteiger partial charge is 0.375 e. The lowest BCUT2D eigenvalue weighted by Gasteiger charge is -2.37. The van der Waals surface area contributed by atoms with Gasteiger partial charge in [0.2, 0.25) is 0 Å². The molecule has 5 atom stereocenters. The van der Waals surface area contributed by atoms with Gasteiger partial charge in [0.25, 0.3) is 0 Å². The van der Waals surface area contributed by atoms with Crippen molar-refractivity contribution in [3.05, 3.63) is 0 Å². The summed E-state index contributed by atoms with van der Waals surface area (Å²) in [5.74, 6) is 1.81. The predicted octanol–water partition coefficient (Wildman–Crippen LogP) is 3.75. The van der Waals surface area contributed by atoms with Gasteiger partial charge < -0.3 is 10.1 Å². The van der Waals surface area contributed by atoms with Crippen LogP contribution in [-0.2, 0) is 4.74 Å². The summed E-state index contributed by atoms with van der Waals surface area (Å²) < 4.78 is 6.03. The van der Waals surface area contributed by atoms with E-state index in [2.05, 4.69) is 26.1 Å². The van der Waals surface area contributed by atoms with Crippen LogP contribution < -0.4 is 5.32 Å². The molecule has 2 heteroatoms. The molecule has 1 aliphatic heterocycles. The first kappa shape index (κ1) is 14.3. The van der Waals surface area contributed by atoms with Gasteiger partial charge in [-0.1, -0.05) is 20.3 Å². The SMILES string of the molecule is CCNC1CCC(CC)CC1CC1CCC(C)O1. The second kappa shape index (κ2) is 6.91. The van der Waals surface area contributed by atoms with Crippen molar-refractivity contribution in [1.82, 2.24) is 5.32 Å². The maximum atomic E-state index is 6.03. The van der Waals surface area contributed by atoms with Crippen molar-refractivity contribution >= 4 is 0 Å². The molecular formula is C16H31NO. The molecule has 0 aromatic heterocycles. The fraction of sp³-hybridized carbons (Fsp3) is 1.00. The zero-order chi connectivity index (χ0) is 13.0. The molecule has 1 N–H and O–H groups in total. The standard InChI is InChI=1S/C16H31NO/c1-4-13-7-9-16(17-5-2)14(10-13)11-15-8-6-12(3)18-15/h12-17H,4-11H2,1-3H3. The highest BCUT2D eigenvalue weighted by molar-refractivity contribution is 4.87. The predicted molar refractivity (Wildman–Crippen MR) is 76.8 cm³/mol. The Labute approximate surface area is 113 Å². The summed E-state index contributed by atoms with van der Waals surface area (Å²) in [4.78, 5) is 0. The van der Waals surface area contributed by atoms with Gasteiger partial charge in [-0.25, -0.2) is 0 Å². The molecule has 0 amide bonds. The highest BCUT2D eigenvalue weighted by atomic mass is 16.5. The summed E-state index contributed by atoms with van der Waals surface area (Å²) in [5.41, 5.74) is 0. The van der Waals surface area contributed by atoms with Crippen molar-refractivity contribution in [2.45, 2.75) is 84.0 Å². The number of hydrogen-bond donors (Lipinski definition) is 1. The van der Waals surface area contributed by atoms with Crippen LogP contribution >= 0.6 is 0 Å². The summed E-state index contributed by atoms with van der Waals surface area (Å²) in [5, 5.41) is 3.71.